The highest BCUT2D eigenvalue weighted by molar-refractivity contribution is 5.55. The standard InChI is InChI=1S/C29H44N2O/c1-3-5-7-9-11-12-13-15-17-23-32-28-21-19-27(20-22-28)29-30-24-26(25-31-29)18-16-14-10-8-6-4-2/h3,19-22,24-25H,1,4-18,23H2,2H3. The quantitative estimate of drug-likeness (QED) is 0.163. The molecule has 0 bridgehead atoms. The fourth-order valence-electron chi connectivity index (χ4n) is 3.91. The highest BCUT2D eigenvalue weighted by atomic mass is 16.5. The molecule has 0 amide bonds. The van der Waals surface area contributed by atoms with E-state index in [4.69, 9.17) is 4.74 Å². The molecule has 3 heteroatoms. The number of allylic oxidation sites excluding steroid dienone is 1. The molecule has 0 N–H and O–H groups in total. The van der Waals surface area contributed by atoms with Gasteiger partial charge in [-0.3, -0.25) is 0 Å². The van der Waals surface area contributed by atoms with E-state index in [0.29, 0.717) is 0 Å². The number of ether oxygens (including phenoxy) is 1. The van der Waals surface area contributed by atoms with Gasteiger partial charge in [0.2, 0.25) is 0 Å². The lowest BCUT2D eigenvalue weighted by atomic mass is 10.1. The molecular formula is C29H44N2O. The Morgan fingerprint density at radius 3 is 2.00 bits per heavy atom. The number of hydrogen-bond acceptors (Lipinski definition) is 3. The molecule has 1 aromatic carbocycles. The Bertz CT molecular complexity index is 709. The summed E-state index contributed by atoms with van der Waals surface area (Å²) in [5.41, 5.74) is 2.28. The molecule has 2 aromatic rings. The number of benzene rings is 1. The Morgan fingerprint density at radius 2 is 1.34 bits per heavy atom. The monoisotopic (exact) mass is 436 g/mol. The van der Waals surface area contributed by atoms with Crippen molar-refractivity contribution >= 4 is 0 Å². The highest BCUT2D eigenvalue weighted by Gasteiger charge is 2.03. The predicted octanol–water partition coefficient (Wildman–Crippen LogP) is 8.73. The van der Waals surface area contributed by atoms with Gasteiger partial charge in [0.25, 0.3) is 0 Å². The number of nitrogens with zero attached hydrogens (tertiary/aromatic N) is 2. The van der Waals surface area contributed by atoms with Crippen LogP contribution in [0.25, 0.3) is 11.4 Å². The fraction of sp³-hybridized carbons (Fsp3) is 0.586. The topological polar surface area (TPSA) is 35.0 Å². The Balaban J connectivity index is 1.60. The smallest absolute Gasteiger partial charge is 0.159 e. The normalized spacial score (nSPS) is 10.9. The van der Waals surface area contributed by atoms with Crippen LogP contribution in [0, 0.1) is 0 Å². The van der Waals surface area contributed by atoms with Gasteiger partial charge in [0.15, 0.2) is 5.82 Å². The molecule has 0 aliphatic carbocycles. The first-order valence-corrected chi connectivity index (χ1v) is 13.0. The van der Waals surface area contributed by atoms with Crippen LogP contribution in [0.4, 0.5) is 0 Å². The Labute approximate surface area is 196 Å². The summed E-state index contributed by atoms with van der Waals surface area (Å²) < 4.78 is 5.90. The summed E-state index contributed by atoms with van der Waals surface area (Å²) in [6.45, 7) is 6.83. The molecule has 176 valence electrons. The van der Waals surface area contributed by atoms with Crippen molar-refractivity contribution in [1.82, 2.24) is 9.97 Å². The van der Waals surface area contributed by atoms with Gasteiger partial charge in [0.05, 0.1) is 6.61 Å². The molecular weight excluding hydrogens is 392 g/mol. The van der Waals surface area contributed by atoms with Gasteiger partial charge in [-0.25, -0.2) is 9.97 Å². The zero-order valence-corrected chi connectivity index (χ0v) is 20.4. The average Bonchev–Trinajstić information content (AvgIpc) is 2.83. The molecule has 3 nitrogen and oxygen atoms in total. The lowest BCUT2D eigenvalue weighted by Gasteiger charge is -2.07. The van der Waals surface area contributed by atoms with Crippen molar-refractivity contribution in [3.8, 4) is 17.1 Å². The van der Waals surface area contributed by atoms with Gasteiger partial charge >= 0.3 is 0 Å². The van der Waals surface area contributed by atoms with Gasteiger partial charge in [-0.05, 0) is 61.9 Å². The maximum absolute atomic E-state index is 5.90. The first-order valence-electron chi connectivity index (χ1n) is 13.0. The summed E-state index contributed by atoms with van der Waals surface area (Å²) in [6.07, 6.45) is 25.1. The van der Waals surface area contributed by atoms with E-state index >= 15 is 0 Å². The molecule has 1 heterocycles. The number of unbranched alkanes of at least 4 members (excludes halogenated alkanes) is 12. The van der Waals surface area contributed by atoms with Crippen LogP contribution < -0.4 is 4.74 Å². The van der Waals surface area contributed by atoms with E-state index in [-0.39, 0.29) is 0 Å². The molecule has 0 radical (unpaired) electrons. The van der Waals surface area contributed by atoms with E-state index in [1.54, 1.807) is 0 Å². The zero-order valence-electron chi connectivity index (χ0n) is 20.4. The van der Waals surface area contributed by atoms with E-state index in [1.807, 2.05) is 30.6 Å². The van der Waals surface area contributed by atoms with Crippen LogP contribution in [0.5, 0.6) is 5.75 Å². The number of hydrogen-bond donors (Lipinski definition) is 0. The van der Waals surface area contributed by atoms with E-state index in [1.165, 1.54) is 82.6 Å². The average molecular weight is 437 g/mol. The van der Waals surface area contributed by atoms with E-state index in [2.05, 4.69) is 35.6 Å². The van der Waals surface area contributed by atoms with Crippen molar-refractivity contribution in [1.29, 1.82) is 0 Å². The largest absolute Gasteiger partial charge is 0.494 e. The van der Waals surface area contributed by atoms with Gasteiger partial charge in [-0.15, -0.1) is 6.58 Å². The summed E-state index contributed by atoms with van der Waals surface area (Å²) in [7, 11) is 0. The molecule has 0 aliphatic heterocycles. The Morgan fingerprint density at radius 1 is 0.750 bits per heavy atom. The molecule has 0 unspecified atom stereocenters. The Kier molecular flexibility index (Phi) is 14.2. The van der Waals surface area contributed by atoms with Gasteiger partial charge in [0, 0.05) is 18.0 Å². The van der Waals surface area contributed by atoms with E-state index in [9.17, 15) is 0 Å². The van der Waals surface area contributed by atoms with Crippen molar-refractivity contribution in [2.75, 3.05) is 6.61 Å². The molecule has 0 saturated heterocycles. The fourth-order valence-corrected chi connectivity index (χ4v) is 3.91. The van der Waals surface area contributed by atoms with Crippen LogP contribution in [0.1, 0.15) is 102 Å². The minimum atomic E-state index is 0.788. The van der Waals surface area contributed by atoms with Gasteiger partial charge in [0.1, 0.15) is 5.75 Å². The minimum absolute atomic E-state index is 0.788. The summed E-state index contributed by atoms with van der Waals surface area (Å²) in [6, 6.07) is 8.17. The van der Waals surface area contributed by atoms with Gasteiger partial charge < -0.3 is 4.74 Å². The molecule has 0 fully saturated rings. The molecule has 0 aliphatic rings. The predicted molar refractivity (Wildman–Crippen MR) is 137 cm³/mol. The van der Waals surface area contributed by atoms with E-state index < -0.39 is 0 Å². The summed E-state index contributed by atoms with van der Waals surface area (Å²) >= 11 is 0. The van der Waals surface area contributed by atoms with Crippen molar-refractivity contribution in [2.24, 2.45) is 0 Å². The third-order valence-electron chi connectivity index (χ3n) is 5.96. The Hall–Kier alpha value is -2.16. The lowest BCUT2D eigenvalue weighted by Crippen LogP contribution is -1.97. The van der Waals surface area contributed by atoms with Crippen LogP contribution in [-0.4, -0.2) is 16.6 Å². The van der Waals surface area contributed by atoms with Crippen LogP contribution in [-0.2, 0) is 6.42 Å². The first kappa shape index (κ1) is 26.1. The summed E-state index contributed by atoms with van der Waals surface area (Å²) in [5.74, 6) is 1.72. The van der Waals surface area contributed by atoms with Crippen LogP contribution in [0.2, 0.25) is 0 Å². The van der Waals surface area contributed by atoms with Crippen LogP contribution in [0.3, 0.4) is 0 Å². The number of aryl methyl sites for hydroxylation is 1. The molecule has 1 aromatic heterocycles. The molecule has 0 saturated carbocycles. The summed E-state index contributed by atoms with van der Waals surface area (Å²) in [4.78, 5) is 9.15. The van der Waals surface area contributed by atoms with Crippen molar-refractivity contribution in [3.05, 3.63) is 54.9 Å². The lowest BCUT2D eigenvalue weighted by molar-refractivity contribution is 0.304. The molecule has 0 spiro atoms. The third-order valence-corrected chi connectivity index (χ3v) is 5.96. The number of aromatic nitrogens is 2. The van der Waals surface area contributed by atoms with Crippen molar-refractivity contribution < 1.29 is 4.74 Å². The zero-order chi connectivity index (χ0) is 22.7. The van der Waals surface area contributed by atoms with E-state index in [0.717, 1.165) is 43.0 Å². The number of rotatable bonds is 19. The SMILES string of the molecule is C=CCCCCCCCCCOc1ccc(-c2ncc(CCCCCCCC)cn2)cc1. The third kappa shape index (κ3) is 11.5. The van der Waals surface area contributed by atoms with Gasteiger partial charge in [-0.1, -0.05) is 77.2 Å². The van der Waals surface area contributed by atoms with Crippen molar-refractivity contribution in [2.45, 2.75) is 103 Å². The van der Waals surface area contributed by atoms with Crippen LogP contribution >= 0.6 is 0 Å². The second kappa shape index (κ2) is 17.4. The van der Waals surface area contributed by atoms with Crippen molar-refractivity contribution in [3.63, 3.8) is 0 Å². The van der Waals surface area contributed by atoms with Gasteiger partial charge in [-0.2, -0.15) is 0 Å². The maximum atomic E-state index is 5.90. The first-order chi connectivity index (χ1) is 15.8. The minimum Gasteiger partial charge on any atom is -0.494 e. The second-order valence-corrected chi connectivity index (χ2v) is 8.86. The molecule has 2 rings (SSSR count). The van der Waals surface area contributed by atoms with Crippen LogP contribution in [0.15, 0.2) is 49.3 Å². The maximum Gasteiger partial charge on any atom is 0.159 e. The highest BCUT2D eigenvalue weighted by Crippen LogP contribution is 2.20. The summed E-state index contributed by atoms with van der Waals surface area (Å²) in [5, 5.41) is 0. The molecule has 32 heavy (non-hydrogen) atoms. The molecule has 0 atom stereocenters. The second-order valence-electron chi connectivity index (χ2n) is 8.86.